The maximum Gasteiger partial charge on any atom is 0.350 e. The van der Waals surface area contributed by atoms with Crippen molar-refractivity contribution in [2.75, 3.05) is 26.2 Å². The van der Waals surface area contributed by atoms with Crippen LogP contribution in [-0.2, 0) is 14.3 Å². The third-order valence-corrected chi connectivity index (χ3v) is 7.17. The van der Waals surface area contributed by atoms with Gasteiger partial charge in [-0.3, -0.25) is 14.5 Å². The van der Waals surface area contributed by atoms with Gasteiger partial charge in [0.05, 0.1) is 38.7 Å². The molecule has 0 saturated carbocycles. The van der Waals surface area contributed by atoms with Crippen LogP contribution >= 0.6 is 11.3 Å². The molecule has 204 valence electrons. The van der Waals surface area contributed by atoms with Gasteiger partial charge in [-0.25, -0.2) is 9.78 Å². The van der Waals surface area contributed by atoms with Crippen molar-refractivity contribution < 1.29 is 38.4 Å². The molecule has 1 aliphatic rings. The molecular weight excluding hydrogens is 524 g/mol. The van der Waals surface area contributed by atoms with Crippen LogP contribution in [0.3, 0.4) is 0 Å². The number of benzene rings is 2. The van der Waals surface area contributed by atoms with Crippen LogP contribution in [0.5, 0.6) is 17.2 Å². The van der Waals surface area contributed by atoms with Crippen molar-refractivity contribution in [1.82, 2.24) is 4.98 Å². The van der Waals surface area contributed by atoms with Crippen molar-refractivity contribution in [1.29, 1.82) is 0 Å². The van der Waals surface area contributed by atoms with Crippen LogP contribution in [0.15, 0.2) is 48.0 Å². The van der Waals surface area contributed by atoms with E-state index in [1.807, 2.05) is 13.8 Å². The molecule has 3 aromatic rings. The summed E-state index contributed by atoms with van der Waals surface area (Å²) >= 11 is 0.909. The van der Waals surface area contributed by atoms with Gasteiger partial charge in [0.2, 0.25) is 0 Å². The van der Waals surface area contributed by atoms with Gasteiger partial charge < -0.3 is 24.1 Å². The summed E-state index contributed by atoms with van der Waals surface area (Å²) < 4.78 is 21.6. The first kappa shape index (κ1) is 27.6. The maximum atomic E-state index is 13.5. The molecule has 11 heteroatoms. The van der Waals surface area contributed by atoms with Gasteiger partial charge >= 0.3 is 11.9 Å². The van der Waals surface area contributed by atoms with Crippen LogP contribution < -0.4 is 19.1 Å². The molecule has 1 aliphatic heterocycles. The summed E-state index contributed by atoms with van der Waals surface area (Å²) in [6.07, 6.45) is -0.0491. The molecule has 4 rings (SSSR count). The average molecular weight is 553 g/mol. The third kappa shape index (κ3) is 5.05. The smallest absolute Gasteiger partial charge is 0.350 e. The Kier molecular flexibility index (Phi) is 7.91. The number of ether oxygens (including phenoxy) is 4. The number of aliphatic hydroxyl groups excluding tert-OH is 1. The van der Waals surface area contributed by atoms with E-state index in [2.05, 4.69) is 4.98 Å². The number of anilines is 1. The van der Waals surface area contributed by atoms with Gasteiger partial charge in [0.15, 0.2) is 16.6 Å². The predicted molar refractivity (Wildman–Crippen MR) is 145 cm³/mol. The zero-order valence-electron chi connectivity index (χ0n) is 22.3. The number of Topliss-reactive ketones (excluding diaryl/α,β-unsaturated/α-hetero) is 1. The molecule has 39 heavy (non-hydrogen) atoms. The standard InChI is InChI=1S/C28H28N2O8S/c1-14(2)38-17-12-10-16(11-13-17)22(31)20-21(18-8-7-9-19(35-4)24(18)36-5)30(26(33)23(20)32)28-29-15(3)25(39-28)27(34)37-6/h7-14,21,31H,1-6H3/b22-20+. The van der Waals surface area contributed by atoms with Crippen LogP contribution in [0.25, 0.3) is 5.76 Å². The van der Waals surface area contributed by atoms with Crippen LogP contribution in [0.2, 0.25) is 0 Å². The van der Waals surface area contributed by atoms with E-state index < -0.39 is 23.7 Å². The van der Waals surface area contributed by atoms with Gasteiger partial charge in [-0.15, -0.1) is 0 Å². The first-order valence-corrected chi connectivity index (χ1v) is 12.8. The van der Waals surface area contributed by atoms with E-state index in [0.29, 0.717) is 28.3 Å². The lowest BCUT2D eigenvalue weighted by Crippen LogP contribution is -2.29. The number of methoxy groups -OCH3 is 3. The maximum absolute atomic E-state index is 13.5. The lowest BCUT2D eigenvalue weighted by molar-refractivity contribution is -0.132. The molecule has 1 saturated heterocycles. The zero-order chi connectivity index (χ0) is 28.4. The SMILES string of the molecule is COC(=O)c1sc(N2C(=O)C(=O)/C(=C(/O)c3ccc(OC(C)C)cc3)C2c2cccc(OC)c2OC)nc1C. The summed E-state index contributed by atoms with van der Waals surface area (Å²) in [6, 6.07) is 10.4. The summed E-state index contributed by atoms with van der Waals surface area (Å²) in [5, 5.41) is 11.5. The first-order valence-electron chi connectivity index (χ1n) is 12.0. The quantitative estimate of drug-likeness (QED) is 0.184. The molecule has 1 unspecified atom stereocenters. The second kappa shape index (κ2) is 11.2. The highest BCUT2D eigenvalue weighted by atomic mass is 32.1. The fraction of sp³-hybridized carbons (Fsp3) is 0.286. The van der Waals surface area contributed by atoms with E-state index in [9.17, 15) is 19.5 Å². The predicted octanol–water partition coefficient (Wildman–Crippen LogP) is 4.67. The van der Waals surface area contributed by atoms with Crippen molar-refractivity contribution in [3.05, 3.63) is 69.7 Å². The lowest BCUT2D eigenvalue weighted by atomic mass is 9.94. The Bertz CT molecular complexity index is 1460. The van der Waals surface area contributed by atoms with Crippen molar-refractivity contribution in [3.8, 4) is 17.2 Å². The van der Waals surface area contributed by atoms with Crippen LogP contribution in [0.1, 0.15) is 46.4 Å². The van der Waals surface area contributed by atoms with Crippen LogP contribution in [-0.4, -0.2) is 55.2 Å². The first-order chi connectivity index (χ1) is 18.6. The number of carbonyl (C=O) groups excluding carboxylic acids is 3. The van der Waals surface area contributed by atoms with Gasteiger partial charge in [0.25, 0.3) is 5.78 Å². The van der Waals surface area contributed by atoms with E-state index >= 15 is 0 Å². The number of thiazole rings is 1. The number of aryl methyl sites for hydroxylation is 1. The molecular formula is C28H28N2O8S. The molecule has 0 spiro atoms. The van der Waals surface area contributed by atoms with Gasteiger partial charge in [0.1, 0.15) is 22.4 Å². The fourth-order valence-corrected chi connectivity index (χ4v) is 5.35. The van der Waals surface area contributed by atoms with E-state index in [0.717, 1.165) is 16.2 Å². The topological polar surface area (TPSA) is 124 Å². The molecule has 1 fully saturated rings. The van der Waals surface area contributed by atoms with Gasteiger partial charge in [-0.05, 0) is 51.1 Å². The highest BCUT2D eigenvalue weighted by molar-refractivity contribution is 7.17. The second-order valence-corrected chi connectivity index (χ2v) is 9.82. The van der Waals surface area contributed by atoms with E-state index in [4.69, 9.17) is 18.9 Å². The number of ketones is 1. The van der Waals surface area contributed by atoms with Crippen LogP contribution in [0, 0.1) is 6.92 Å². The Morgan fingerprint density at radius 1 is 1.05 bits per heavy atom. The van der Waals surface area contributed by atoms with Gasteiger partial charge in [0, 0.05) is 11.1 Å². The Labute approximate surface area is 229 Å². The number of aliphatic hydroxyl groups is 1. The van der Waals surface area contributed by atoms with Crippen molar-refractivity contribution in [2.24, 2.45) is 0 Å². The molecule has 1 aromatic heterocycles. The van der Waals surface area contributed by atoms with Crippen molar-refractivity contribution >= 4 is 39.9 Å². The van der Waals surface area contributed by atoms with E-state index in [1.54, 1.807) is 49.4 Å². The number of aromatic nitrogens is 1. The molecule has 1 atom stereocenters. The highest BCUT2D eigenvalue weighted by Crippen LogP contribution is 2.48. The number of hydrogen-bond acceptors (Lipinski definition) is 10. The largest absolute Gasteiger partial charge is 0.507 e. The van der Waals surface area contributed by atoms with E-state index in [1.165, 1.54) is 21.3 Å². The highest BCUT2D eigenvalue weighted by Gasteiger charge is 2.49. The Hall–Kier alpha value is -4.38. The summed E-state index contributed by atoms with van der Waals surface area (Å²) in [4.78, 5) is 45.1. The Morgan fingerprint density at radius 3 is 2.33 bits per heavy atom. The molecule has 2 heterocycles. The Morgan fingerprint density at radius 2 is 1.74 bits per heavy atom. The van der Waals surface area contributed by atoms with E-state index in [-0.39, 0.29) is 33.2 Å². The Balaban J connectivity index is 1.95. The lowest BCUT2D eigenvalue weighted by Gasteiger charge is -2.25. The monoisotopic (exact) mass is 552 g/mol. The van der Waals surface area contributed by atoms with Gasteiger partial charge in [-0.2, -0.15) is 0 Å². The zero-order valence-corrected chi connectivity index (χ0v) is 23.1. The summed E-state index contributed by atoms with van der Waals surface area (Å²) in [5.41, 5.74) is 0.851. The second-order valence-electron chi connectivity index (χ2n) is 8.85. The fourth-order valence-electron chi connectivity index (χ4n) is 4.34. The average Bonchev–Trinajstić information content (AvgIpc) is 3.43. The van der Waals surface area contributed by atoms with Gasteiger partial charge in [-0.1, -0.05) is 23.5 Å². The number of esters is 1. The minimum absolute atomic E-state index is 0.0491. The number of para-hydroxylation sites is 1. The summed E-state index contributed by atoms with van der Waals surface area (Å²) in [5.74, 6) is -1.63. The number of nitrogens with zero attached hydrogens (tertiary/aromatic N) is 2. The molecule has 1 amide bonds. The number of rotatable bonds is 8. The number of hydrogen-bond donors (Lipinski definition) is 1. The minimum Gasteiger partial charge on any atom is -0.507 e. The third-order valence-electron chi connectivity index (χ3n) is 6.03. The molecule has 2 aromatic carbocycles. The molecule has 0 bridgehead atoms. The van der Waals surface area contributed by atoms with Crippen molar-refractivity contribution in [2.45, 2.75) is 32.9 Å². The van der Waals surface area contributed by atoms with Crippen molar-refractivity contribution in [3.63, 3.8) is 0 Å². The number of carbonyl (C=O) groups is 3. The minimum atomic E-state index is -1.14. The molecule has 0 aliphatic carbocycles. The molecule has 1 N–H and O–H groups in total. The number of amides is 1. The normalized spacial score (nSPS) is 16.5. The molecule has 0 radical (unpaired) electrons. The summed E-state index contributed by atoms with van der Waals surface area (Å²) in [6.45, 7) is 5.39. The van der Waals surface area contributed by atoms with Crippen LogP contribution in [0.4, 0.5) is 5.13 Å². The summed E-state index contributed by atoms with van der Waals surface area (Å²) in [7, 11) is 4.14. The molecule has 10 nitrogen and oxygen atoms in total.